The Morgan fingerprint density at radius 1 is 1.00 bits per heavy atom. The van der Waals surface area contributed by atoms with Crippen molar-refractivity contribution in [2.75, 3.05) is 13.2 Å². The first-order valence-corrected chi connectivity index (χ1v) is 8.40. The standard InChI is InChI=1S/C21H15F3O3/c22-21(23,24)16-7-2-13(3-8-16)1-4-14-5-6-15-11-18-19(27-10-9-26-18)12-17(15)20(14)25/h2-3,5-8,11-12,14,20,25H,9-10H2/t14-,20-/m1/s1. The monoisotopic (exact) mass is 372 g/mol. The summed E-state index contributed by atoms with van der Waals surface area (Å²) in [5.41, 5.74) is 1.26. The molecule has 0 saturated carbocycles. The highest BCUT2D eigenvalue weighted by Gasteiger charge is 2.30. The van der Waals surface area contributed by atoms with Gasteiger partial charge in [0.05, 0.1) is 17.6 Å². The van der Waals surface area contributed by atoms with E-state index in [9.17, 15) is 18.3 Å². The van der Waals surface area contributed by atoms with Crippen LogP contribution in [0.2, 0.25) is 0 Å². The highest BCUT2D eigenvalue weighted by Crippen LogP contribution is 2.40. The lowest BCUT2D eigenvalue weighted by Gasteiger charge is -2.26. The summed E-state index contributed by atoms with van der Waals surface area (Å²) in [5.74, 6) is 6.52. The first-order chi connectivity index (χ1) is 12.9. The molecule has 6 heteroatoms. The molecule has 3 nitrogen and oxygen atoms in total. The van der Waals surface area contributed by atoms with Gasteiger partial charge in [0, 0.05) is 5.56 Å². The Balaban J connectivity index is 1.57. The van der Waals surface area contributed by atoms with E-state index in [-0.39, 0.29) is 0 Å². The maximum atomic E-state index is 12.6. The van der Waals surface area contributed by atoms with Crippen LogP contribution in [0.25, 0.3) is 6.08 Å². The van der Waals surface area contributed by atoms with Gasteiger partial charge in [-0.1, -0.05) is 24.0 Å². The Morgan fingerprint density at radius 2 is 1.67 bits per heavy atom. The third kappa shape index (κ3) is 3.51. The molecule has 1 heterocycles. The molecule has 1 aliphatic heterocycles. The molecule has 138 valence electrons. The fourth-order valence-corrected chi connectivity index (χ4v) is 3.06. The number of rotatable bonds is 0. The molecule has 0 amide bonds. The van der Waals surface area contributed by atoms with Gasteiger partial charge in [-0.05, 0) is 47.5 Å². The van der Waals surface area contributed by atoms with E-state index in [2.05, 4.69) is 11.8 Å². The van der Waals surface area contributed by atoms with E-state index in [4.69, 9.17) is 9.47 Å². The Bertz CT molecular complexity index is 950. The Kier molecular flexibility index (Phi) is 4.33. The molecule has 4 rings (SSSR count). The van der Waals surface area contributed by atoms with Crippen LogP contribution in [0.5, 0.6) is 11.5 Å². The fourth-order valence-electron chi connectivity index (χ4n) is 3.06. The Morgan fingerprint density at radius 3 is 2.33 bits per heavy atom. The Labute approximate surface area is 154 Å². The molecule has 0 saturated heterocycles. The molecule has 0 radical (unpaired) electrons. The first kappa shape index (κ1) is 17.5. The van der Waals surface area contributed by atoms with Gasteiger partial charge in [-0.3, -0.25) is 0 Å². The van der Waals surface area contributed by atoms with Crippen molar-refractivity contribution in [3.8, 4) is 23.3 Å². The third-order valence-electron chi connectivity index (χ3n) is 4.49. The SMILES string of the molecule is O[C@H]1c2cc3c(cc2C=C[C@H]1C#Cc1ccc(C(F)(F)F)cc1)OCCO3. The molecular weight excluding hydrogens is 357 g/mol. The molecule has 0 aromatic heterocycles. The van der Waals surface area contributed by atoms with Crippen molar-refractivity contribution in [2.24, 2.45) is 5.92 Å². The highest BCUT2D eigenvalue weighted by molar-refractivity contribution is 5.64. The van der Waals surface area contributed by atoms with Crippen LogP contribution in [0.1, 0.15) is 28.4 Å². The van der Waals surface area contributed by atoms with Crippen LogP contribution in [0.15, 0.2) is 42.5 Å². The van der Waals surface area contributed by atoms with E-state index in [1.165, 1.54) is 12.1 Å². The van der Waals surface area contributed by atoms with Gasteiger partial charge in [0.2, 0.25) is 0 Å². The highest BCUT2D eigenvalue weighted by atomic mass is 19.4. The predicted octanol–water partition coefficient (Wildman–Crippen LogP) is 4.20. The molecule has 0 spiro atoms. The minimum atomic E-state index is -4.37. The molecule has 1 aliphatic carbocycles. The summed E-state index contributed by atoms with van der Waals surface area (Å²) >= 11 is 0. The zero-order chi connectivity index (χ0) is 19.0. The molecule has 27 heavy (non-hydrogen) atoms. The maximum absolute atomic E-state index is 12.6. The summed E-state index contributed by atoms with van der Waals surface area (Å²) < 4.78 is 48.9. The van der Waals surface area contributed by atoms with E-state index in [1.54, 1.807) is 12.1 Å². The van der Waals surface area contributed by atoms with Crippen LogP contribution in [0, 0.1) is 17.8 Å². The van der Waals surface area contributed by atoms with Crippen LogP contribution in [-0.4, -0.2) is 18.3 Å². The maximum Gasteiger partial charge on any atom is 0.416 e. The topological polar surface area (TPSA) is 38.7 Å². The van der Waals surface area contributed by atoms with Crippen molar-refractivity contribution in [3.63, 3.8) is 0 Å². The van der Waals surface area contributed by atoms with Gasteiger partial charge in [0.25, 0.3) is 0 Å². The van der Waals surface area contributed by atoms with Crippen molar-refractivity contribution in [2.45, 2.75) is 12.3 Å². The van der Waals surface area contributed by atoms with E-state index >= 15 is 0 Å². The third-order valence-corrected chi connectivity index (χ3v) is 4.49. The first-order valence-electron chi connectivity index (χ1n) is 8.40. The van der Waals surface area contributed by atoms with E-state index in [0.717, 1.165) is 17.7 Å². The summed E-state index contributed by atoms with van der Waals surface area (Å²) in [4.78, 5) is 0. The number of fused-ring (bicyclic) bond motifs is 2. The molecule has 2 aromatic carbocycles. The number of hydrogen-bond donors (Lipinski definition) is 1. The van der Waals surface area contributed by atoms with Gasteiger partial charge in [0.15, 0.2) is 11.5 Å². The van der Waals surface area contributed by atoms with Crippen molar-refractivity contribution < 1.29 is 27.8 Å². The second-order valence-corrected chi connectivity index (χ2v) is 6.30. The molecule has 2 aliphatic rings. The summed E-state index contributed by atoms with van der Waals surface area (Å²) in [6.07, 6.45) is -1.60. The minimum absolute atomic E-state index is 0.453. The van der Waals surface area contributed by atoms with Crippen LogP contribution in [0.3, 0.4) is 0 Å². The van der Waals surface area contributed by atoms with E-state index in [1.807, 2.05) is 12.1 Å². The minimum Gasteiger partial charge on any atom is -0.486 e. The second-order valence-electron chi connectivity index (χ2n) is 6.30. The zero-order valence-electron chi connectivity index (χ0n) is 14.1. The lowest BCUT2D eigenvalue weighted by atomic mass is 9.86. The quantitative estimate of drug-likeness (QED) is 0.705. The molecule has 2 aromatic rings. The smallest absolute Gasteiger partial charge is 0.416 e. The molecule has 0 bridgehead atoms. The number of ether oxygens (including phenoxy) is 2. The number of alkyl halides is 3. The molecule has 0 fully saturated rings. The lowest BCUT2D eigenvalue weighted by molar-refractivity contribution is -0.137. The van der Waals surface area contributed by atoms with Crippen molar-refractivity contribution >= 4 is 6.08 Å². The number of aliphatic hydroxyl groups is 1. The van der Waals surface area contributed by atoms with Gasteiger partial charge in [-0.2, -0.15) is 13.2 Å². The molecule has 1 N–H and O–H groups in total. The van der Waals surface area contributed by atoms with Gasteiger partial charge < -0.3 is 14.6 Å². The number of benzene rings is 2. The average molecular weight is 372 g/mol. The lowest BCUT2D eigenvalue weighted by Crippen LogP contribution is -2.18. The van der Waals surface area contributed by atoms with Gasteiger partial charge in [-0.25, -0.2) is 0 Å². The summed E-state index contributed by atoms with van der Waals surface area (Å²) in [6, 6.07) is 8.22. The Hall–Kier alpha value is -2.91. The van der Waals surface area contributed by atoms with Gasteiger partial charge in [-0.15, -0.1) is 0 Å². The molecule has 2 atom stereocenters. The van der Waals surface area contributed by atoms with E-state index < -0.39 is 23.8 Å². The second kappa shape index (κ2) is 6.67. The number of halogens is 3. The predicted molar refractivity (Wildman–Crippen MR) is 93.2 cm³/mol. The van der Waals surface area contributed by atoms with Gasteiger partial charge in [0.1, 0.15) is 13.2 Å². The fraction of sp³-hybridized carbons (Fsp3) is 0.238. The largest absolute Gasteiger partial charge is 0.486 e. The van der Waals surface area contributed by atoms with Crippen LogP contribution >= 0.6 is 0 Å². The van der Waals surface area contributed by atoms with E-state index in [0.29, 0.717) is 35.8 Å². The van der Waals surface area contributed by atoms with Crippen molar-refractivity contribution in [3.05, 3.63) is 64.7 Å². The summed E-state index contributed by atoms with van der Waals surface area (Å²) in [6.45, 7) is 0.939. The number of aliphatic hydroxyl groups excluding tert-OH is 1. The average Bonchev–Trinajstić information content (AvgIpc) is 2.66. The van der Waals surface area contributed by atoms with Crippen molar-refractivity contribution in [1.29, 1.82) is 0 Å². The summed E-state index contributed by atoms with van der Waals surface area (Å²) in [7, 11) is 0. The summed E-state index contributed by atoms with van der Waals surface area (Å²) in [5, 5.41) is 10.7. The van der Waals surface area contributed by atoms with Crippen molar-refractivity contribution in [1.82, 2.24) is 0 Å². The molecule has 0 unspecified atom stereocenters. The van der Waals surface area contributed by atoms with Crippen LogP contribution in [-0.2, 0) is 6.18 Å². The molecular formula is C21H15F3O3. The normalized spacial score (nSPS) is 20.4. The zero-order valence-corrected chi connectivity index (χ0v) is 14.1. The number of hydrogen-bond acceptors (Lipinski definition) is 3. The van der Waals surface area contributed by atoms with Gasteiger partial charge >= 0.3 is 6.18 Å². The van der Waals surface area contributed by atoms with Crippen LogP contribution < -0.4 is 9.47 Å². The van der Waals surface area contributed by atoms with Crippen LogP contribution in [0.4, 0.5) is 13.2 Å².